The number of thioether (sulfide) groups is 1. The van der Waals surface area contributed by atoms with E-state index < -0.39 is 5.63 Å². The second kappa shape index (κ2) is 7.67. The number of nitrogens with zero attached hydrogens (tertiary/aromatic N) is 2. The molecule has 7 heteroatoms. The van der Waals surface area contributed by atoms with E-state index in [9.17, 15) is 9.59 Å². The summed E-state index contributed by atoms with van der Waals surface area (Å²) in [6.45, 7) is 2.54. The van der Waals surface area contributed by atoms with Crippen LogP contribution in [-0.4, -0.2) is 30.3 Å². The molecule has 1 aliphatic rings. The van der Waals surface area contributed by atoms with Crippen LogP contribution in [0.15, 0.2) is 50.8 Å². The van der Waals surface area contributed by atoms with Gasteiger partial charge in [0.1, 0.15) is 11.3 Å². The zero-order chi connectivity index (χ0) is 19.7. The van der Waals surface area contributed by atoms with Gasteiger partial charge in [0, 0.05) is 46.8 Å². The van der Waals surface area contributed by atoms with E-state index in [0.29, 0.717) is 29.9 Å². The molecule has 144 valence electrons. The summed E-state index contributed by atoms with van der Waals surface area (Å²) in [5, 5.41) is 0.853. The molecule has 3 heterocycles. The maximum Gasteiger partial charge on any atom is 0.339 e. The van der Waals surface area contributed by atoms with Crippen molar-refractivity contribution in [2.45, 2.75) is 24.7 Å². The van der Waals surface area contributed by atoms with Crippen LogP contribution in [0.25, 0.3) is 11.0 Å². The highest BCUT2D eigenvalue weighted by atomic mass is 32.2. The van der Waals surface area contributed by atoms with E-state index in [2.05, 4.69) is 4.98 Å². The fourth-order valence-electron chi connectivity index (χ4n) is 3.48. The van der Waals surface area contributed by atoms with Crippen LogP contribution in [-0.2, 0) is 11.2 Å². The number of ether oxygens (including phenoxy) is 1. The van der Waals surface area contributed by atoms with Gasteiger partial charge in [-0.3, -0.25) is 9.78 Å². The lowest BCUT2D eigenvalue weighted by atomic mass is 10.0. The highest BCUT2D eigenvalue weighted by Crippen LogP contribution is 2.34. The number of hydrogen-bond donors (Lipinski definition) is 0. The van der Waals surface area contributed by atoms with Crippen LogP contribution in [0.3, 0.4) is 0 Å². The van der Waals surface area contributed by atoms with Gasteiger partial charge < -0.3 is 14.1 Å². The third-order valence-corrected chi connectivity index (χ3v) is 6.05. The highest BCUT2D eigenvalue weighted by molar-refractivity contribution is 7.99. The Hall–Kier alpha value is -2.80. The molecule has 0 aliphatic carbocycles. The molecule has 0 fully saturated rings. The molecule has 0 saturated carbocycles. The second-order valence-corrected chi connectivity index (χ2v) is 7.73. The topological polar surface area (TPSA) is 72.6 Å². The van der Waals surface area contributed by atoms with E-state index in [1.807, 2.05) is 25.1 Å². The molecule has 1 aromatic carbocycles. The number of hydrogen-bond acceptors (Lipinski definition) is 6. The van der Waals surface area contributed by atoms with Crippen molar-refractivity contribution < 1.29 is 13.9 Å². The Bertz CT molecular complexity index is 1110. The average Bonchev–Trinajstić information content (AvgIpc) is 2.72. The summed E-state index contributed by atoms with van der Waals surface area (Å²) < 4.78 is 10.7. The first-order valence-corrected chi connectivity index (χ1v) is 10.0. The number of anilines is 1. The Morgan fingerprint density at radius 2 is 2.21 bits per heavy atom. The predicted molar refractivity (Wildman–Crippen MR) is 109 cm³/mol. The van der Waals surface area contributed by atoms with Crippen molar-refractivity contribution in [2.75, 3.05) is 24.3 Å². The third-order valence-electron chi connectivity index (χ3n) is 5.01. The molecule has 0 radical (unpaired) electrons. The summed E-state index contributed by atoms with van der Waals surface area (Å²) in [6.07, 6.45) is 4.04. The lowest BCUT2D eigenvalue weighted by Gasteiger charge is -2.28. The van der Waals surface area contributed by atoms with Crippen LogP contribution >= 0.6 is 11.8 Å². The first kappa shape index (κ1) is 18.6. The van der Waals surface area contributed by atoms with Crippen molar-refractivity contribution in [3.8, 4) is 5.75 Å². The number of methoxy groups -OCH3 is 1. The van der Waals surface area contributed by atoms with Gasteiger partial charge in [0.15, 0.2) is 0 Å². The SMILES string of the molecule is COc1ccc2c(C)c(CCC(=O)N3CCSc4ccncc43)c(=O)oc2c1. The molecule has 0 bridgehead atoms. The van der Waals surface area contributed by atoms with Gasteiger partial charge in [0.05, 0.1) is 19.0 Å². The summed E-state index contributed by atoms with van der Waals surface area (Å²) in [5.74, 6) is 1.47. The highest BCUT2D eigenvalue weighted by Gasteiger charge is 2.23. The standard InChI is InChI=1S/C21H20N2O4S/c1-13-15-4-3-14(26-2)11-18(15)27-21(25)16(13)5-6-20(24)23-9-10-28-19-7-8-22-12-17(19)23/h3-4,7-8,11-12H,5-6,9-10H2,1-2H3. The van der Waals surface area contributed by atoms with E-state index >= 15 is 0 Å². The minimum absolute atomic E-state index is 0.0109. The molecule has 1 aliphatic heterocycles. The number of fused-ring (bicyclic) bond motifs is 2. The molecule has 28 heavy (non-hydrogen) atoms. The summed E-state index contributed by atoms with van der Waals surface area (Å²) in [6, 6.07) is 7.34. The number of benzene rings is 1. The minimum atomic E-state index is -0.401. The van der Waals surface area contributed by atoms with Gasteiger partial charge in [-0.05, 0) is 37.1 Å². The molecule has 6 nitrogen and oxygen atoms in total. The molecular formula is C21H20N2O4S. The molecule has 2 aromatic heterocycles. The maximum absolute atomic E-state index is 12.8. The number of aromatic nitrogens is 1. The number of pyridine rings is 1. The van der Waals surface area contributed by atoms with Crippen LogP contribution in [0.4, 0.5) is 5.69 Å². The average molecular weight is 396 g/mol. The van der Waals surface area contributed by atoms with Crippen molar-refractivity contribution >= 4 is 34.3 Å². The van der Waals surface area contributed by atoms with Gasteiger partial charge >= 0.3 is 5.63 Å². The smallest absolute Gasteiger partial charge is 0.339 e. The normalized spacial score (nSPS) is 13.4. The van der Waals surface area contributed by atoms with Crippen LogP contribution in [0.5, 0.6) is 5.75 Å². The lowest BCUT2D eigenvalue weighted by molar-refractivity contribution is -0.118. The number of carbonyl (C=O) groups excluding carboxylic acids is 1. The van der Waals surface area contributed by atoms with E-state index in [-0.39, 0.29) is 12.3 Å². The van der Waals surface area contributed by atoms with E-state index in [1.54, 1.807) is 42.2 Å². The number of rotatable bonds is 4. The van der Waals surface area contributed by atoms with Crippen molar-refractivity contribution in [1.29, 1.82) is 0 Å². The molecule has 4 rings (SSSR count). The molecule has 0 saturated heterocycles. The van der Waals surface area contributed by atoms with E-state index in [0.717, 1.165) is 27.3 Å². The number of carbonyl (C=O) groups is 1. The number of aryl methyl sites for hydroxylation is 1. The summed E-state index contributed by atoms with van der Waals surface area (Å²) in [4.78, 5) is 32.3. The fraction of sp³-hybridized carbons (Fsp3) is 0.286. The van der Waals surface area contributed by atoms with Crippen LogP contribution in [0.2, 0.25) is 0 Å². The Kier molecular flexibility index (Phi) is 5.09. The molecule has 1 amide bonds. The van der Waals surface area contributed by atoms with Crippen molar-refractivity contribution in [1.82, 2.24) is 4.98 Å². The monoisotopic (exact) mass is 396 g/mol. The summed E-state index contributed by atoms with van der Waals surface area (Å²) in [7, 11) is 1.57. The van der Waals surface area contributed by atoms with E-state index in [4.69, 9.17) is 9.15 Å². The Balaban J connectivity index is 1.58. The van der Waals surface area contributed by atoms with Crippen LogP contribution < -0.4 is 15.3 Å². The zero-order valence-corrected chi connectivity index (χ0v) is 16.5. The van der Waals surface area contributed by atoms with Crippen LogP contribution in [0, 0.1) is 6.92 Å². The second-order valence-electron chi connectivity index (χ2n) is 6.59. The summed E-state index contributed by atoms with van der Waals surface area (Å²) >= 11 is 1.72. The number of amides is 1. The molecule has 0 N–H and O–H groups in total. The maximum atomic E-state index is 12.8. The molecule has 3 aromatic rings. The van der Waals surface area contributed by atoms with Crippen molar-refractivity contribution in [3.63, 3.8) is 0 Å². The van der Waals surface area contributed by atoms with Gasteiger partial charge in [-0.2, -0.15) is 0 Å². The minimum Gasteiger partial charge on any atom is -0.497 e. The predicted octanol–water partition coefficient (Wildman–Crippen LogP) is 3.58. The quantitative estimate of drug-likeness (QED) is 0.628. The fourth-order valence-corrected chi connectivity index (χ4v) is 4.44. The molecule has 0 atom stereocenters. The summed E-state index contributed by atoms with van der Waals surface area (Å²) in [5.41, 5.74) is 2.33. The first-order chi connectivity index (χ1) is 13.6. The Labute approximate surface area is 166 Å². The first-order valence-electron chi connectivity index (χ1n) is 9.06. The zero-order valence-electron chi connectivity index (χ0n) is 15.7. The molecule has 0 spiro atoms. The molecular weight excluding hydrogens is 376 g/mol. The van der Waals surface area contributed by atoms with Crippen molar-refractivity contribution in [2.24, 2.45) is 0 Å². The lowest BCUT2D eigenvalue weighted by Crippen LogP contribution is -2.35. The van der Waals surface area contributed by atoms with Gasteiger partial charge in [-0.15, -0.1) is 11.8 Å². The molecule has 0 unspecified atom stereocenters. The van der Waals surface area contributed by atoms with E-state index in [1.165, 1.54) is 0 Å². The van der Waals surface area contributed by atoms with Gasteiger partial charge in [0.25, 0.3) is 0 Å². The Morgan fingerprint density at radius 3 is 3.04 bits per heavy atom. The van der Waals surface area contributed by atoms with Gasteiger partial charge in [0.2, 0.25) is 5.91 Å². The van der Waals surface area contributed by atoms with Gasteiger partial charge in [-0.25, -0.2) is 4.79 Å². The Morgan fingerprint density at radius 1 is 1.36 bits per heavy atom. The largest absolute Gasteiger partial charge is 0.497 e. The van der Waals surface area contributed by atoms with Crippen molar-refractivity contribution in [3.05, 3.63) is 58.2 Å². The third kappa shape index (κ3) is 3.38. The van der Waals surface area contributed by atoms with Crippen LogP contribution in [0.1, 0.15) is 17.5 Å². The van der Waals surface area contributed by atoms with Gasteiger partial charge in [-0.1, -0.05) is 0 Å².